The van der Waals surface area contributed by atoms with Gasteiger partial charge in [-0.3, -0.25) is 9.36 Å². The van der Waals surface area contributed by atoms with E-state index in [9.17, 15) is 4.79 Å². The van der Waals surface area contributed by atoms with Gasteiger partial charge in [0.05, 0.1) is 11.4 Å². The molecule has 0 saturated carbocycles. The summed E-state index contributed by atoms with van der Waals surface area (Å²) in [7, 11) is 2.09. The molecule has 0 spiro atoms. The SMILES string of the molecule is Cc1ccc(-c2ccn(-c3ccc4c5c(n(C)c4n3)CCCCC5)c(=O)c2)nn1. The molecule has 0 bridgehead atoms. The normalized spacial score (nSPS) is 14.0. The molecule has 29 heavy (non-hydrogen) atoms. The van der Waals surface area contributed by atoms with Gasteiger partial charge < -0.3 is 4.57 Å². The Hall–Kier alpha value is -3.28. The summed E-state index contributed by atoms with van der Waals surface area (Å²) in [6.07, 6.45) is 7.73. The standard InChI is InChI=1S/C23H23N5O/c1-15-8-10-19(26-25-15)16-12-13-28(22(29)14-16)21-11-9-18-17-6-4-3-5-7-20(17)27(2)23(18)24-21/h8-14H,3-7H2,1-2H3. The lowest BCUT2D eigenvalue weighted by Crippen LogP contribution is -2.18. The molecule has 4 aromatic heterocycles. The van der Waals surface area contributed by atoms with Crippen molar-refractivity contribution in [3.05, 3.63) is 69.9 Å². The fourth-order valence-electron chi connectivity index (χ4n) is 4.30. The fourth-order valence-corrected chi connectivity index (χ4v) is 4.30. The quantitative estimate of drug-likeness (QED) is 0.493. The minimum absolute atomic E-state index is 0.132. The maximum atomic E-state index is 12.8. The third kappa shape index (κ3) is 3.05. The molecule has 0 unspecified atom stereocenters. The number of nitrogens with zero attached hydrogens (tertiary/aromatic N) is 5. The first-order valence-electron chi connectivity index (χ1n) is 10.1. The number of hydrogen-bond donors (Lipinski definition) is 0. The number of aryl methyl sites for hydroxylation is 3. The van der Waals surface area contributed by atoms with Gasteiger partial charge in [0.15, 0.2) is 0 Å². The molecule has 0 radical (unpaired) electrons. The Morgan fingerprint density at radius 1 is 0.966 bits per heavy atom. The molecule has 0 fully saturated rings. The summed E-state index contributed by atoms with van der Waals surface area (Å²) < 4.78 is 3.80. The van der Waals surface area contributed by atoms with Crippen molar-refractivity contribution in [1.82, 2.24) is 24.3 Å². The van der Waals surface area contributed by atoms with E-state index in [2.05, 4.69) is 27.9 Å². The molecule has 146 valence electrons. The second-order valence-corrected chi connectivity index (χ2v) is 7.77. The van der Waals surface area contributed by atoms with Crippen LogP contribution in [0.15, 0.2) is 47.4 Å². The molecule has 0 amide bonds. The number of aromatic nitrogens is 5. The van der Waals surface area contributed by atoms with Crippen LogP contribution >= 0.6 is 0 Å². The number of rotatable bonds is 2. The lowest BCUT2D eigenvalue weighted by atomic mass is 10.1. The average molecular weight is 385 g/mol. The minimum Gasteiger partial charge on any atom is -0.332 e. The molecule has 0 atom stereocenters. The Labute approximate surface area is 168 Å². The van der Waals surface area contributed by atoms with Gasteiger partial charge in [-0.2, -0.15) is 10.2 Å². The van der Waals surface area contributed by atoms with Gasteiger partial charge in [0.25, 0.3) is 5.56 Å². The summed E-state index contributed by atoms with van der Waals surface area (Å²) in [6.45, 7) is 1.89. The third-order valence-electron chi connectivity index (χ3n) is 5.86. The molecule has 6 heteroatoms. The maximum Gasteiger partial charge on any atom is 0.256 e. The van der Waals surface area contributed by atoms with E-state index in [1.165, 1.54) is 35.9 Å². The van der Waals surface area contributed by atoms with E-state index in [1.807, 2.05) is 31.2 Å². The predicted molar refractivity (Wildman–Crippen MR) is 113 cm³/mol. The van der Waals surface area contributed by atoms with E-state index in [0.29, 0.717) is 11.5 Å². The first kappa shape index (κ1) is 17.8. The Bertz CT molecular complexity index is 1270. The van der Waals surface area contributed by atoms with Gasteiger partial charge in [0, 0.05) is 36.0 Å². The van der Waals surface area contributed by atoms with Crippen molar-refractivity contribution in [2.75, 3.05) is 0 Å². The third-order valence-corrected chi connectivity index (χ3v) is 5.86. The molecule has 4 heterocycles. The smallest absolute Gasteiger partial charge is 0.256 e. The first-order valence-corrected chi connectivity index (χ1v) is 10.1. The van der Waals surface area contributed by atoms with E-state index in [4.69, 9.17) is 4.98 Å². The van der Waals surface area contributed by atoms with Gasteiger partial charge in [-0.15, -0.1) is 0 Å². The Balaban J connectivity index is 1.58. The van der Waals surface area contributed by atoms with Gasteiger partial charge in [0.1, 0.15) is 11.5 Å². The van der Waals surface area contributed by atoms with Crippen molar-refractivity contribution >= 4 is 11.0 Å². The number of fused-ring (bicyclic) bond motifs is 3. The molecule has 0 N–H and O–H groups in total. The lowest BCUT2D eigenvalue weighted by Gasteiger charge is -2.08. The largest absolute Gasteiger partial charge is 0.332 e. The molecule has 0 saturated heterocycles. The zero-order valence-corrected chi connectivity index (χ0v) is 16.7. The van der Waals surface area contributed by atoms with Gasteiger partial charge in [-0.05, 0) is 68.5 Å². The number of hydrogen-bond acceptors (Lipinski definition) is 4. The fraction of sp³-hybridized carbons (Fsp3) is 0.304. The molecular formula is C23H23N5O. The molecule has 0 aliphatic heterocycles. The minimum atomic E-state index is -0.132. The monoisotopic (exact) mass is 385 g/mol. The predicted octanol–water partition coefficient (Wildman–Crippen LogP) is 3.76. The van der Waals surface area contributed by atoms with Crippen LogP contribution in [-0.4, -0.2) is 24.3 Å². The summed E-state index contributed by atoms with van der Waals surface area (Å²) in [5.74, 6) is 0.639. The summed E-state index contributed by atoms with van der Waals surface area (Å²) in [6, 6.07) is 11.3. The van der Waals surface area contributed by atoms with Crippen molar-refractivity contribution < 1.29 is 0 Å². The van der Waals surface area contributed by atoms with Crippen LogP contribution in [0.25, 0.3) is 28.1 Å². The van der Waals surface area contributed by atoms with Crippen LogP contribution in [-0.2, 0) is 19.9 Å². The van der Waals surface area contributed by atoms with Crippen molar-refractivity contribution in [3.8, 4) is 17.1 Å². The van der Waals surface area contributed by atoms with Crippen molar-refractivity contribution in [2.45, 2.75) is 39.0 Å². The Morgan fingerprint density at radius 2 is 1.83 bits per heavy atom. The summed E-state index contributed by atoms with van der Waals surface area (Å²) in [5, 5.41) is 9.46. The average Bonchev–Trinajstić information content (AvgIpc) is 2.89. The van der Waals surface area contributed by atoms with Crippen LogP contribution in [0.3, 0.4) is 0 Å². The van der Waals surface area contributed by atoms with Gasteiger partial charge in [-0.1, -0.05) is 6.42 Å². The molecular weight excluding hydrogens is 362 g/mol. The van der Waals surface area contributed by atoms with Gasteiger partial charge in [-0.25, -0.2) is 4.98 Å². The molecule has 6 nitrogen and oxygen atoms in total. The Kier molecular flexibility index (Phi) is 4.27. The van der Waals surface area contributed by atoms with Gasteiger partial charge >= 0.3 is 0 Å². The molecule has 1 aliphatic rings. The van der Waals surface area contributed by atoms with Crippen LogP contribution in [0.2, 0.25) is 0 Å². The van der Waals surface area contributed by atoms with Crippen molar-refractivity contribution in [2.24, 2.45) is 7.05 Å². The molecule has 1 aliphatic carbocycles. The molecule has 5 rings (SSSR count). The van der Waals surface area contributed by atoms with Crippen molar-refractivity contribution in [3.63, 3.8) is 0 Å². The van der Waals surface area contributed by atoms with Crippen LogP contribution in [0.4, 0.5) is 0 Å². The maximum absolute atomic E-state index is 12.8. The zero-order chi connectivity index (χ0) is 20.0. The summed E-state index contributed by atoms with van der Waals surface area (Å²) in [4.78, 5) is 17.7. The number of pyridine rings is 2. The second-order valence-electron chi connectivity index (χ2n) is 7.77. The van der Waals surface area contributed by atoms with E-state index in [0.717, 1.165) is 29.7 Å². The van der Waals surface area contributed by atoms with Crippen LogP contribution in [0, 0.1) is 6.92 Å². The highest BCUT2D eigenvalue weighted by Crippen LogP contribution is 2.30. The van der Waals surface area contributed by atoms with Crippen LogP contribution in [0.5, 0.6) is 0 Å². The van der Waals surface area contributed by atoms with E-state index >= 15 is 0 Å². The van der Waals surface area contributed by atoms with Crippen LogP contribution < -0.4 is 5.56 Å². The van der Waals surface area contributed by atoms with Crippen molar-refractivity contribution in [1.29, 1.82) is 0 Å². The van der Waals surface area contributed by atoms with Gasteiger partial charge in [0.2, 0.25) is 0 Å². The highest BCUT2D eigenvalue weighted by molar-refractivity contribution is 5.83. The lowest BCUT2D eigenvalue weighted by molar-refractivity contribution is 0.697. The Morgan fingerprint density at radius 3 is 2.62 bits per heavy atom. The van der Waals surface area contributed by atoms with E-state index in [1.54, 1.807) is 16.8 Å². The van der Waals surface area contributed by atoms with E-state index in [-0.39, 0.29) is 5.56 Å². The highest BCUT2D eigenvalue weighted by atomic mass is 16.1. The summed E-state index contributed by atoms with van der Waals surface area (Å²) in [5.41, 5.74) is 5.94. The first-order chi connectivity index (χ1) is 14.1. The molecule has 0 aromatic carbocycles. The van der Waals surface area contributed by atoms with E-state index < -0.39 is 0 Å². The second kappa shape index (κ2) is 6.95. The van der Waals surface area contributed by atoms with Crippen LogP contribution in [0.1, 0.15) is 36.2 Å². The zero-order valence-electron chi connectivity index (χ0n) is 16.7. The summed E-state index contributed by atoms with van der Waals surface area (Å²) >= 11 is 0. The highest BCUT2D eigenvalue weighted by Gasteiger charge is 2.18. The topological polar surface area (TPSA) is 65.6 Å². The molecule has 4 aromatic rings.